The van der Waals surface area contributed by atoms with Crippen LogP contribution in [0.15, 0.2) is 29.2 Å². The van der Waals surface area contributed by atoms with E-state index in [-0.39, 0.29) is 12.5 Å². The first kappa shape index (κ1) is 16.1. The van der Waals surface area contributed by atoms with Crippen LogP contribution in [0.3, 0.4) is 0 Å². The Labute approximate surface area is 120 Å². The lowest BCUT2D eigenvalue weighted by atomic mass is 10.2. The predicted octanol–water partition coefficient (Wildman–Crippen LogP) is 2.92. The molecular formula is C15H23NO2S. The van der Waals surface area contributed by atoms with Crippen LogP contribution in [0.1, 0.15) is 32.3 Å². The van der Waals surface area contributed by atoms with Crippen LogP contribution in [0.25, 0.3) is 0 Å². The van der Waals surface area contributed by atoms with Crippen molar-refractivity contribution in [1.29, 1.82) is 0 Å². The van der Waals surface area contributed by atoms with Gasteiger partial charge in [-0.2, -0.15) is 0 Å². The van der Waals surface area contributed by atoms with Crippen molar-refractivity contribution in [3.63, 3.8) is 0 Å². The Bertz CT molecular complexity index is 372. The molecule has 0 spiro atoms. The van der Waals surface area contributed by atoms with E-state index in [1.807, 2.05) is 29.2 Å². The Kier molecular flexibility index (Phi) is 7.60. The summed E-state index contributed by atoms with van der Waals surface area (Å²) < 4.78 is 0. The summed E-state index contributed by atoms with van der Waals surface area (Å²) in [5.74, 6) is 0.693. The van der Waals surface area contributed by atoms with Gasteiger partial charge in [0.2, 0.25) is 5.91 Å². The van der Waals surface area contributed by atoms with E-state index in [0.29, 0.717) is 5.75 Å². The highest BCUT2D eigenvalue weighted by atomic mass is 32.2. The number of benzene rings is 1. The zero-order chi connectivity index (χ0) is 14.1. The van der Waals surface area contributed by atoms with E-state index >= 15 is 0 Å². The van der Waals surface area contributed by atoms with E-state index in [2.05, 4.69) is 13.8 Å². The molecule has 1 rings (SSSR count). The number of amides is 1. The Hall–Kier alpha value is -1.00. The molecular weight excluding hydrogens is 258 g/mol. The molecule has 0 heterocycles. The number of nitrogens with zero attached hydrogens (tertiary/aromatic N) is 1. The summed E-state index contributed by atoms with van der Waals surface area (Å²) in [6.45, 7) is 5.94. The second kappa shape index (κ2) is 8.99. The SMILES string of the molecule is CCCN(CCC)C(=O)CSc1ccc(CO)cc1. The van der Waals surface area contributed by atoms with Crippen LogP contribution >= 0.6 is 11.8 Å². The van der Waals surface area contributed by atoms with Gasteiger partial charge in [-0.15, -0.1) is 11.8 Å². The van der Waals surface area contributed by atoms with Gasteiger partial charge in [-0.25, -0.2) is 0 Å². The standard InChI is InChI=1S/C15H23NO2S/c1-3-9-16(10-4-2)15(18)12-19-14-7-5-13(11-17)6-8-14/h5-8,17H,3-4,9-12H2,1-2H3. The maximum Gasteiger partial charge on any atom is 0.232 e. The lowest BCUT2D eigenvalue weighted by Gasteiger charge is -2.21. The molecule has 106 valence electrons. The Morgan fingerprint density at radius 1 is 1.16 bits per heavy atom. The molecule has 19 heavy (non-hydrogen) atoms. The fourth-order valence-electron chi connectivity index (χ4n) is 1.83. The Morgan fingerprint density at radius 3 is 2.21 bits per heavy atom. The van der Waals surface area contributed by atoms with Crippen LogP contribution in [-0.2, 0) is 11.4 Å². The van der Waals surface area contributed by atoms with Crippen molar-refractivity contribution in [2.45, 2.75) is 38.2 Å². The maximum atomic E-state index is 12.1. The van der Waals surface area contributed by atoms with Gasteiger partial charge in [0.25, 0.3) is 0 Å². The predicted molar refractivity (Wildman–Crippen MR) is 80.3 cm³/mol. The molecule has 4 heteroatoms. The quantitative estimate of drug-likeness (QED) is 0.745. The molecule has 0 saturated carbocycles. The molecule has 0 aliphatic rings. The summed E-state index contributed by atoms with van der Waals surface area (Å²) in [6.07, 6.45) is 2.00. The molecule has 1 N–H and O–H groups in total. The Balaban J connectivity index is 2.46. The second-order valence-corrected chi connectivity index (χ2v) is 5.52. The third-order valence-electron chi connectivity index (χ3n) is 2.81. The highest BCUT2D eigenvalue weighted by molar-refractivity contribution is 8.00. The van der Waals surface area contributed by atoms with Crippen molar-refractivity contribution in [1.82, 2.24) is 4.90 Å². The molecule has 1 aromatic carbocycles. The van der Waals surface area contributed by atoms with Crippen molar-refractivity contribution in [2.75, 3.05) is 18.8 Å². The smallest absolute Gasteiger partial charge is 0.232 e. The van der Waals surface area contributed by atoms with Crippen molar-refractivity contribution in [3.8, 4) is 0 Å². The molecule has 1 amide bonds. The number of thioether (sulfide) groups is 1. The van der Waals surface area contributed by atoms with Gasteiger partial charge < -0.3 is 10.0 Å². The van der Waals surface area contributed by atoms with Gasteiger partial charge in [0, 0.05) is 18.0 Å². The first-order valence-electron chi connectivity index (χ1n) is 6.81. The third-order valence-corrected chi connectivity index (χ3v) is 3.80. The average Bonchev–Trinajstić information content (AvgIpc) is 2.45. The van der Waals surface area contributed by atoms with Gasteiger partial charge in [0.05, 0.1) is 12.4 Å². The van der Waals surface area contributed by atoms with Crippen LogP contribution in [0.4, 0.5) is 0 Å². The van der Waals surface area contributed by atoms with Crippen molar-refractivity contribution >= 4 is 17.7 Å². The molecule has 0 aliphatic heterocycles. The second-order valence-electron chi connectivity index (χ2n) is 4.47. The van der Waals surface area contributed by atoms with E-state index in [0.717, 1.165) is 36.4 Å². The third kappa shape index (κ3) is 5.66. The zero-order valence-corrected chi connectivity index (χ0v) is 12.6. The summed E-state index contributed by atoms with van der Waals surface area (Å²) in [6, 6.07) is 7.69. The summed E-state index contributed by atoms with van der Waals surface area (Å²) >= 11 is 1.55. The molecule has 0 aliphatic carbocycles. The first-order chi connectivity index (χ1) is 9.21. The van der Waals surface area contributed by atoms with E-state index in [9.17, 15) is 4.79 Å². The molecule has 0 bridgehead atoms. The number of hydrogen-bond acceptors (Lipinski definition) is 3. The fourth-order valence-corrected chi connectivity index (χ4v) is 2.63. The van der Waals surface area contributed by atoms with E-state index in [4.69, 9.17) is 5.11 Å². The number of aliphatic hydroxyl groups is 1. The minimum atomic E-state index is 0.0602. The van der Waals surface area contributed by atoms with Crippen molar-refractivity contribution in [3.05, 3.63) is 29.8 Å². The molecule has 3 nitrogen and oxygen atoms in total. The molecule has 1 aromatic rings. The normalized spacial score (nSPS) is 10.5. The number of carbonyl (C=O) groups excluding carboxylic acids is 1. The summed E-state index contributed by atoms with van der Waals surface area (Å²) in [7, 11) is 0. The van der Waals surface area contributed by atoms with Gasteiger partial charge in [-0.1, -0.05) is 26.0 Å². The van der Waals surface area contributed by atoms with Crippen LogP contribution in [-0.4, -0.2) is 34.8 Å². The lowest BCUT2D eigenvalue weighted by molar-refractivity contribution is -0.128. The summed E-state index contributed by atoms with van der Waals surface area (Å²) in [5.41, 5.74) is 0.897. The van der Waals surface area contributed by atoms with E-state index in [1.54, 1.807) is 11.8 Å². The summed E-state index contributed by atoms with van der Waals surface area (Å²) in [5, 5.41) is 8.97. The first-order valence-corrected chi connectivity index (χ1v) is 7.80. The van der Waals surface area contributed by atoms with Crippen LogP contribution in [0, 0.1) is 0 Å². The average molecular weight is 281 g/mol. The highest BCUT2D eigenvalue weighted by Crippen LogP contribution is 2.19. The van der Waals surface area contributed by atoms with Crippen LogP contribution < -0.4 is 0 Å². The Morgan fingerprint density at radius 2 is 1.74 bits per heavy atom. The van der Waals surface area contributed by atoms with Crippen LogP contribution in [0.5, 0.6) is 0 Å². The number of carbonyl (C=O) groups is 1. The number of rotatable bonds is 8. The van der Waals surface area contributed by atoms with Crippen molar-refractivity contribution < 1.29 is 9.90 Å². The highest BCUT2D eigenvalue weighted by Gasteiger charge is 2.11. The van der Waals surface area contributed by atoms with Gasteiger partial charge in [0.1, 0.15) is 0 Å². The van der Waals surface area contributed by atoms with Gasteiger partial charge >= 0.3 is 0 Å². The topological polar surface area (TPSA) is 40.5 Å². The monoisotopic (exact) mass is 281 g/mol. The number of hydrogen-bond donors (Lipinski definition) is 1. The molecule has 0 saturated heterocycles. The summed E-state index contributed by atoms with van der Waals surface area (Å²) in [4.78, 5) is 15.1. The molecule has 0 aromatic heterocycles. The van der Waals surface area contributed by atoms with Gasteiger partial charge in [-0.3, -0.25) is 4.79 Å². The van der Waals surface area contributed by atoms with Gasteiger partial charge in [0.15, 0.2) is 0 Å². The van der Waals surface area contributed by atoms with E-state index in [1.165, 1.54) is 0 Å². The number of aliphatic hydroxyl groups excluding tert-OH is 1. The zero-order valence-electron chi connectivity index (χ0n) is 11.8. The minimum Gasteiger partial charge on any atom is -0.392 e. The van der Waals surface area contributed by atoms with Gasteiger partial charge in [-0.05, 0) is 30.5 Å². The largest absolute Gasteiger partial charge is 0.392 e. The van der Waals surface area contributed by atoms with E-state index < -0.39 is 0 Å². The van der Waals surface area contributed by atoms with Crippen molar-refractivity contribution in [2.24, 2.45) is 0 Å². The molecule has 0 fully saturated rings. The fraction of sp³-hybridized carbons (Fsp3) is 0.533. The maximum absolute atomic E-state index is 12.1. The molecule has 0 unspecified atom stereocenters. The minimum absolute atomic E-state index is 0.0602. The molecule has 0 radical (unpaired) electrons. The lowest BCUT2D eigenvalue weighted by Crippen LogP contribution is -2.33. The molecule has 0 atom stereocenters. The van der Waals surface area contributed by atoms with Crippen LogP contribution in [0.2, 0.25) is 0 Å².